The summed E-state index contributed by atoms with van der Waals surface area (Å²) in [5.41, 5.74) is 1.33. The molecule has 0 fully saturated rings. The van der Waals surface area contributed by atoms with Gasteiger partial charge < -0.3 is 14.8 Å². The number of nitrogens with zero attached hydrogens (tertiary/aromatic N) is 2. The highest BCUT2D eigenvalue weighted by Gasteiger charge is 2.04. The van der Waals surface area contributed by atoms with Crippen molar-refractivity contribution in [1.29, 1.82) is 5.26 Å². The average molecular weight is 255 g/mol. The minimum Gasteiger partial charge on any atom is -0.497 e. The molecule has 0 spiro atoms. The van der Waals surface area contributed by atoms with E-state index >= 15 is 0 Å². The van der Waals surface area contributed by atoms with E-state index < -0.39 is 0 Å². The fourth-order valence-corrected chi connectivity index (χ4v) is 1.56. The maximum absolute atomic E-state index is 8.95. The number of benzene rings is 1. The van der Waals surface area contributed by atoms with E-state index in [4.69, 9.17) is 14.7 Å². The van der Waals surface area contributed by atoms with Crippen LogP contribution in [0.1, 0.15) is 5.56 Å². The van der Waals surface area contributed by atoms with Gasteiger partial charge in [-0.25, -0.2) is 0 Å². The Kier molecular flexibility index (Phi) is 3.84. The quantitative estimate of drug-likeness (QED) is 0.909. The van der Waals surface area contributed by atoms with Crippen molar-refractivity contribution in [3.63, 3.8) is 0 Å². The fraction of sp³-hybridized carbons (Fsp3) is 0.143. The summed E-state index contributed by atoms with van der Waals surface area (Å²) in [6.45, 7) is 0. The number of rotatable bonds is 4. The van der Waals surface area contributed by atoms with Crippen LogP contribution < -0.4 is 14.8 Å². The number of ether oxygens (including phenoxy) is 2. The molecule has 0 aliphatic rings. The third-order valence-corrected chi connectivity index (χ3v) is 2.48. The van der Waals surface area contributed by atoms with Crippen LogP contribution in [0.4, 0.5) is 5.69 Å². The monoisotopic (exact) mass is 255 g/mol. The predicted octanol–water partition coefficient (Wildman–Crippen LogP) is 2.80. The second-order valence-corrected chi connectivity index (χ2v) is 3.77. The number of nitriles is 1. The first-order valence-electron chi connectivity index (χ1n) is 5.65. The van der Waals surface area contributed by atoms with Crippen LogP contribution in [0, 0.1) is 11.3 Å². The molecule has 0 bridgehead atoms. The van der Waals surface area contributed by atoms with Crippen LogP contribution in [0.25, 0.3) is 0 Å². The maximum Gasteiger partial charge on any atom is 0.147 e. The summed E-state index contributed by atoms with van der Waals surface area (Å²) in [4.78, 5) is 4.05. The van der Waals surface area contributed by atoms with Gasteiger partial charge in [0.15, 0.2) is 0 Å². The van der Waals surface area contributed by atoms with Gasteiger partial charge in [0.25, 0.3) is 0 Å². The second kappa shape index (κ2) is 5.74. The van der Waals surface area contributed by atoms with Crippen molar-refractivity contribution in [3.05, 3.63) is 42.2 Å². The molecule has 0 saturated heterocycles. The highest BCUT2D eigenvalue weighted by molar-refractivity contribution is 5.48. The van der Waals surface area contributed by atoms with Crippen LogP contribution >= 0.6 is 0 Å². The molecule has 0 atom stereocenters. The number of pyridine rings is 1. The largest absolute Gasteiger partial charge is 0.497 e. The minimum atomic E-state index is 0.479. The van der Waals surface area contributed by atoms with Crippen molar-refractivity contribution in [2.45, 2.75) is 0 Å². The van der Waals surface area contributed by atoms with Gasteiger partial charge in [-0.2, -0.15) is 5.26 Å². The molecule has 1 N–H and O–H groups in total. The molecule has 0 aliphatic heterocycles. The summed E-state index contributed by atoms with van der Waals surface area (Å²) in [6.07, 6.45) is 3.30. The molecule has 5 nitrogen and oxygen atoms in total. The van der Waals surface area contributed by atoms with Gasteiger partial charge in [-0.05, 0) is 12.1 Å². The van der Waals surface area contributed by atoms with E-state index in [1.54, 1.807) is 44.8 Å². The van der Waals surface area contributed by atoms with Crippen molar-refractivity contribution in [1.82, 2.24) is 4.98 Å². The molecule has 0 saturated carbocycles. The molecule has 2 aromatic rings. The van der Waals surface area contributed by atoms with Gasteiger partial charge in [0.2, 0.25) is 0 Å². The highest BCUT2D eigenvalue weighted by atomic mass is 16.5. The third-order valence-electron chi connectivity index (χ3n) is 2.48. The highest BCUT2D eigenvalue weighted by Crippen LogP contribution is 2.27. The van der Waals surface area contributed by atoms with Gasteiger partial charge in [0, 0.05) is 19.2 Å². The number of aromatic nitrogens is 1. The Bertz CT molecular complexity index is 620. The smallest absolute Gasteiger partial charge is 0.147 e. The fourth-order valence-electron chi connectivity index (χ4n) is 1.56. The van der Waals surface area contributed by atoms with E-state index in [-0.39, 0.29) is 0 Å². The van der Waals surface area contributed by atoms with Crippen LogP contribution in [0.5, 0.6) is 17.2 Å². The molecule has 1 heterocycles. The van der Waals surface area contributed by atoms with E-state index in [9.17, 15) is 0 Å². The zero-order valence-corrected chi connectivity index (χ0v) is 10.7. The number of hydrogen-bond donors (Lipinski definition) is 1. The van der Waals surface area contributed by atoms with E-state index in [1.165, 1.54) is 0 Å². The summed E-state index contributed by atoms with van der Waals surface area (Å²) in [7, 11) is 3.35. The molecule has 0 aliphatic carbocycles. The molecule has 96 valence electrons. The Labute approximate surface area is 111 Å². The van der Waals surface area contributed by atoms with Gasteiger partial charge in [0.1, 0.15) is 17.2 Å². The number of nitrogens with one attached hydrogen (secondary N) is 1. The van der Waals surface area contributed by atoms with Crippen LogP contribution in [0.3, 0.4) is 0 Å². The van der Waals surface area contributed by atoms with E-state index in [2.05, 4.69) is 16.4 Å². The number of methoxy groups -OCH3 is 1. The van der Waals surface area contributed by atoms with Gasteiger partial charge >= 0.3 is 0 Å². The van der Waals surface area contributed by atoms with Crippen LogP contribution in [0.15, 0.2) is 36.7 Å². The predicted molar refractivity (Wildman–Crippen MR) is 71.6 cm³/mol. The maximum atomic E-state index is 8.95. The van der Waals surface area contributed by atoms with Crippen molar-refractivity contribution in [2.75, 3.05) is 19.5 Å². The molecule has 19 heavy (non-hydrogen) atoms. The lowest BCUT2D eigenvalue weighted by Gasteiger charge is -2.09. The number of hydrogen-bond acceptors (Lipinski definition) is 5. The Morgan fingerprint density at radius 2 is 1.89 bits per heavy atom. The molecule has 2 rings (SSSR count). The molecule has 0 unspecified atom stereocenters. The second-order valence-electron chi connectivity index (χ2n) is 3.77. The van der Waals surface area contributed by atoms with Gasteiger partial charge in [0.05, 0.1) is 36.8 Å². The molecular formula is C14H13N3O2. The van der Waals surface area contributed by atoms with Gasteiger partial charge in [-0.3, -0.25) is 4.98 Å². The van der Waals surface area contributed by atoms with Crippen LogP contribution in [-0.2, 0) is 0 Å². The average Bonchev–Trinajstić information content (AvgIpc) is 2.47. The SMILES string of the molecule is CNc1cncc(Oc2cc(C#N)cc(OC)c2)c1. The zero-order chi connectivity index (χ0) is 13.7. The van der Waals surface area contributed by atoms with Crippen LogP contribution in [0.2, 0.25) is 0 Å². The first-order valence-corrected chi connectivity index (χ1v) is 5.65. The molecule has 1 aromatic heterocycles. The lowest BCUT2D eigenvalue weighted by atomic mass is 10.2. The van der Waals surface area contributed by atoms with Crippen LogP contribution in [-0.4, -0.2) is 19.1 Å². The van der Waals surface area contributed by atoms with E-state index in [1.807, 2.05) is 6.07 Å². The summed E-state index contributed by atoms with van der Waals surface area (Å²) < 4.78 is 10.8. The first kappa shape index (κ1) is 12.7. The Hall–Kier alpha value is -2.74. The lowest BCUT2D eigenvalue weighted by Crippen LogP contribution is -1.92. The zero-order valence-electron chi connectivity index (χ0n) is 10.7. The number of anilines is 1. The summed E-state index contributed by atoms with van der Waals surface area (Å²) in [6, 6.07) is 8.89. The standard InChI is InChI=1S/C14H13N3O2/c1-16-11-5-14(9-17-8-11)19-13-4-10(7-15)3-12(6-13)18-2/h3-6,8-9,16H,1-2H3. The van der Waals surface area contributed by atoms with Crippen molar-refractivity contribution in [3.8, 4) is 23.3 Å². The third kappa shape index (κ3) is 3.13. The minimum absolute atomic E-state index is 0.479. The molecule has 0 radical (unpaired) electrons. The Morgan fingerprint density at radius 1 is 1.11 bits per heavy atom. The normalized spacial score (nSPS) is 9.53. The summed E-state index contributed by atoms with van der Waals surface area (Å²) >= 11 is 0. The van der Waals surface area contributed by atoms with E-state index in [0.717, 1.165) is 5.69 Å². The molecule has 0 amide bonds. The molecule has 1 aromatic carbocycles. The Morgan fingerprint density at radius 3 is 2.58 bits per heavy atom. The van der Waals surface area contributed by atoms with E-state index in [0.29, 0.717) is 22.8 Å². The first-order chi connectivity index (χ1) is 9.25. The van der Waals surface area contributed by atoms with Crippen molar-refractivity contribution in [2.24, 2.45) is 0 Å². The summed E-state index contributed by atoms with van der Waals surface area (Å²) in [5, 5.41) is 11.9. The molecular weight excluding hydrogens is 242 g/mol. The Balaban J connectivity index is 2.29. The van der Waals surface area contributed by atoms with Gasteiger partial charge in [-0.15, -0.1) is 0 Å². The van der Waals surface area contributed by atoms with Crippen molar-refractivity contribution < 1.29 is 9.47 Å². The van der Waals surface area contributed by atoms with Crippen molar-refractivity contribution >= 4 is 5.69 Å². The van der Waals surface area contributed by atoms with Gasteiger partial charge in [-0.1, -0.05) is 0 Å². The summed E-state index contributed by atoms with van der Waals surface area (Å²) in [5.74, 6) is 1.70. The lowest BCUT2D eigenvalue weighted by molar-refractivity contribution is 0.408. The topological polar surface area (TPSA) is 67.2 Å². The molecule has 5 heteroatoms.